The number of nitrogens with zero attached hydrogens (tertiary/aromatic N) is 4. The van der Waals surface area contributed by atoms with Crippen molar-refractivity contribution >= 4 is 28.6 Å². The van der Waals surface area contributed by atoms with Crippen LogP contribution < -0.4 is 10.1 Å². The van der Waals surface area contributed by atoms with E-state index in [4.69, 9.17) is 21.1 Å². The fourth-order valence-electron chi connectivity index (χ4n) is 3.38. The van der Waals surface area contributed by atoms with E-state index in [9.17, 15) is 15.3 Å². The van der Waals surface area contributed by atoms with Gasteiger partial charge in [0.15, 0.2) is 22.7 Å². The molecule has 1 aliphatic heterocycles. The van der Waals surface area contributed by atoms with Gasteiger partial charge in [-0.1, -0.05) is 23.7 Å². The minimum atomic E-state index is -1.83. The molecule has 1 aromatic carbocycles. The van der Waals surface area contributed by atoms with Crippen molar-refractivity contribution in [2.45, 2.75) is 24.4 Å². The summed E-state index contributed by atoms with van der Waals surface area (Å²) < 4.78 is 12.4. The molecule has 0 bridgehead atoms. The van der Waals surface area contributed by atoms with Crippen LogP contribution in [-0.2, 0) is 16.9 Å². The van der Waals surface area contributed by atoms with Crippen LogP contribution in [0.4, 0.5) is 5.82 Å². The Kier molecular flexibility index (Phi) is 5.76. The Bertz CT molecular complexity index is 1030. The van der Waals surface area contributed by atoms with E-state index in [-0.39, 0.29) is 18.3 Å². The molecule has 1 saturated heterocycles. The van der Waals surface area contributed by atoms with Crippen molar-refractivity contribution < 1.29 is 24.8 Å². The SMILES string of the molecule is CNc1nc(OCCc2ccc(Cl)cc2)nc2c1ncn2[C@]1(O)CO[C@H](CO)[C@H]1O. The van der Waals surface area contributed by atoms with Crippen LogP contribution in [0.15, 0.2) is 30.6 Å². The first-order valence-electron chi connectivity index (χ1n) is 9.39. The molecule has 10 nitrogen and oxygen atoms in total. The summed E-state index contributed by atoms with van der Waals surface area (Å²) in [4.78, 5) is 13.0. The minimum Gasteiger partial charge on any atom is -0.463 e. The molecule has 3 atom stereocenters. The van der Waals surface area contributed by atoms with Crippen LogP contribution in [0.1, 0.15) is 5.56 Å². The van der Waals surface area contributed by atoms with E-state index in [1.165, 1.54) is 10.9 Å². The van der Waals surface area contributed by atoms with E-state index >= 15 is 0 Å². The van der Waals surface area contributed by atoms with Gasteiger partial charge in [-0.2, -0.15) is 9.97 Å². The van der Waals surface area contributed by atoms with Gasteiger partial charge in [-0.15, -0.1) is 0 Å². The summed E-state index contributed by atoms with van der Waals surface area (Å²) in [7, 11) is 1.68. The third-order valence-electron chi connectivity index (χ3n) is 5.08. The van der Waals surface area contributed by atoms with Gasteiger partial charge in [0.2, 0.25) is 0 Å². The number of aliphatic hydroxyl groups excluding tert-OH is 2. The number of aliphatic hydroxyl groups is 3. The Balaban J connectivity index is 1.61. The van der Waals surface area contributed by atoms with E-state index in [0.717, 1.165) is 5.56 Å². The van der Waals surface area contributed by atoms with Crippen molar-refractivity contribution in [1.29, 1.82) is 0 Å². The topological polar surface area (TPSA) is 135 Å². The molecule has 11 heteroatoms. The maximum absolute atomic E-state index is 11.0. The van der Waals surface area contributed by atoms with Crippen LogP contribution in [0, 0.1) is 0 Å². The highest BCUT2D eigenvalue weighted by atomic mass is 35.5. The molecule has 1 aliphatic rings. The van der Waals surface area contributed by atoms with Gasteiger partial charge in [0, 0.05) is 18.5 Å². The summed E-state index contributed by atoms with van der Waals surface area (Å²) in [5, 5.41) is 34.4. The zero-order chi connectivity index (χ0) is 21.3. The summed E-state index contributed by atoms with van der Waals surface area (Å²) in [6, 6.07) is 7.55. The number of aromatic nitrogens is 4. The highest BCUT2D eigenvalue weighted by Crippen LogP contribution is 2.33. The van der Waals surface area contributed by atoms with Crippen molar-refractivity contribution in [2.75, 3.05) is 32.2 Å². The zero-order valence-electron chi connectivity index (χ0n) is 16.2. The number of rotatable bonds is 7. The summed E-state index contributed by atoms with van der Waals surface area (Å²) >= 11 is 5.90. The molecule has 0 unspecified atom stereocenters. The zero-order valence-corrected chi connectivity index (χ0v) is 17.0. The van der Waals surface area contributed by atoms with Gasteiger partial charge < -0.3 is 30.1 Å². The largest absolute Gasteiger partial charge is 0.463 e. The van der Waals surface area contributed by atoms with Crippen LogP contribution in [-0.4, -0.2) is 73.9 Å². The number of benzene rings is 1. The first-order chi connectivity index (χ1) is 14.5. The highest BCUT2D eigenvalue weighted by molar-refractivity contribution is 6.30. The molecule has 4 N–H and O–H groups in total. The van der Waals surface area contributed by atoms with Gasteiger partial charge in [0.05, 0.1) is 26.1 Å². The Labute approximate surface area is 177 Å². The molecule has 0 radical (unpaired) electrons. The first-order valence-corrected chi connectivity index (χ1v) is 9.77. The van der Waals surface area contributed by atoms with E-state index in [0.29, 0.717) is 29.4 Å². The Hall–Kier alpha value is -2.50. The molecule has 0 saturated carbocycles. The fraction of sp³-hybridized carbons (Fsp3) is 0.421. The second-order valence-corrected chi connectivity index (χ2v) is 7.41. The van der Waals surface area contributed by atoms with Crippen LogP contribution in [0.5, 0.6) is 6.01 Å². The highest BCUT2D eigenvalue weighted by Gasteiger charge is 2.50. The molecule has 0 spiro atoms. The number of hydrogen-bond acceptors (Lipinski definition) is 9. The number of halogens is 1. The van der Waals surface area contributed by atoms with Crippen LogP contribution in [0.3, 0.4) is 0 Å². The number of hydrogen-bond donors (Lipinski definition) is 4. The van der Waals surface area contributed by atoms with Crippen LogP contribution in [0.2, 0.25) is 5.02 Å². The number of imidazole rings is 1. The smallest absolute Gasteiger partial charge is 0.320 e. The number of ether oxygens (including phenoxy) is 2. The van der Waals surface area contributed by atoms with Crippen molar-refractivity contribution in [3.63, 3.8) is 0 Å². The Morgan fingerprint density at radius 2 is 2.10 bits per heavy atom. The predicted molar refractivity (Wildman–Crippen MR) is 109 cm³/mol. The summed E-state index contributed by atoms with van der Waals surface area (Å²) in [6.07, 6.45) is -0.291. The molecule has 160 valence electrons. The van der Waals surface area contributed by atoms with Gasteiger partial charge in [-0.3, -0.25) is 4.57 Å². The monoisotopic (exact) mass is 435 g/mol. The van der Waals surface area contributed by atoms with E-state index in [1.54, 1.807) is 7.05 Å². The summed E-state index contributed by atoms with van der Waals surface area (Å²) in [5.74, 6) is 0.413. The molecule has 0 aliphatic carbocycles. The normalized spacial score (nSPS) is 23.8. The van der Waals surface area contributed by atoms with E-state index in [2.05, 4.69) is 20.3 Å². The summed E-state index contributed by atoms with van der Waals surface area (Å²) in [6.45, 7) is -0.324. The number of fused-ring (bicyclic) bond motifs is 1. The molecule has 2 aromatic heterocycles. The lowest BCUT2D eigenvalue weighted by Crippen LogP contribution is -2.46. The van der Waals surface area contributed by atoms with E-state index in [1.807, 2.05) is 24.3 Å². The molecule has 3 heterocycles. The second kappa shape index (κ2) is 8.32. The standard InChI is InChI=1S/C19H22ClN5O5/c1-21-16-14-17(25(10-22-14)19(28)9-30-13(8-26)15(19)27)24-18(23-16)29-7-6-11-2-4-12(20)5-3-11/h2-5,10,13,15,26-28H,6-9H2,1H3,(H,21,23,24)/t13-,15-,19+/m1/s1. The molecular formula is C19H22ClN5O5. The second-order valence-electron chi connectivity index (χ2n) is 6.97. The van der Waals surface area contributed by atoms with Crippen molar-refractivity contribution in [3.05, 3.63) is 41.2 Å². The van der Waals surface area contributed by atoms with Gasteiger partial charge >= 0.3 is 6.01 Å². The third-order valence-corrected chi connectivity index (χ3v) is 5.33. The average Bonchev–Trinajstić information content (AvgIpc) is 3.31. The third kappa shape index (κ3) is 3.68. The molecule has 1 fully saturated rings. The van der Waals surface area contributed by atoms with Crippen molar-refractivity contribution in [1.82, 2.24) is 19.5 Å². The molecular weight excluding hydrogens is 414 g/mol. The lowest BCUT2D eigenvalue weighted by molar-refractivity contribution is -0.110. The molecule has 0 amide bonds. The van der Waals surface area contributed by atoms with Crippen LogP contribution in [0.25, 0.3) is 11.2 Å². The van der Waals surface area contributed by atoms with Crippen molar-refractivity contribution in [2.24, 2.45) is 0 Å². The molecule has 30 heavy (non-hydrogen) atoms. The van der Waals surface area contributed by atoms with Crippen LogP contribution >= 0.6 is 11.6 Å². The minimum absolute atomic E-state index is 0.0956. The quantitative estimate of drug-likeness (QED) is 0.419. The van der Waals surface area contributed by atoms with Gasteiger partial charge in [-0.05, 0) is 17.7 Å². The first kappa shape index (κ1) is 20.8. The van der Waals surface area contributed by atoms with Gasteiger partial charge in [0.1, 0.15) is 12.2 Å². The maximum Gasteiger partial charge on any atom is 0.320 e. The van der Waals surface area contributed by atoms with Gasteiger partial charge in [-0.25, -0.2) is 4.98 Å². The Morgan fingerprint density at radius 3 is 2.77 bits per heavy atom. The lowest BCUT2D eigenvalue weighted by atomic mass is 10.1. The lowest BCUT2D eigenvalue weighted by Gasteiger charge is -2.27. The number of nitrogens with one attached hydrogen (secondary N) is 1. The van der Waals surface area contributed by atoms with Crippen molar-refractivity contribution in [3.8, 4) is 6.01 Å². The molecule has 4 rings (SSSR count). The maximum atomic E-state index is 11.0. The Morgan fingerprint density at radius 1 is 1.33 bits per heavy atom. The predicted octanol–water partition coefficient (Wildman–Crippen LogP) is 0.540. The van der Waals surface area contributed by atoms with E-state index < -0.39 is 24.5 Å². The average molecular weight is 436 g/mol. The fourth-order valence-corrected chi connectivity index (χ4v) is 3.51. The molecule has 3 aromatic rings. The van der Waals surface area contributed by atoms with Gasteiger partial charge in [0.25, 0.3) is 0 Å². The number of anilines is 1. The summed E-state index contributed by atoms with van der Waals surface area (Å²) in [5.41, 5.74) is -0.118.